The molecule has 0 atom stereocenters. The Labute approximate surface area is 120 Å². The Kier molecular flexibility index (Phi) is 2.44. The summed E-state index contributed by atoms with van der Waals surface area (Å²) in [5.41, 5.74) is 3.02. The van der Waals surface area contributed by atoms with Crippen LogP contribution in [0.5, 0.6) is 11.5 Å². The molecule has 0 unspecified atom stereocenters. The average molecular weight is 276 g/mol. The zero-order chi connectivity index (χ0) is 14.4. The second-order valence-corrected chi connectivity index (χ2v) is 4.89. The molecule has 0 radical (unpaired) electrons. The second kappa shape index (κ2) is 4.31. The second-order valence-electron chi connectivity index (χ2n) is 4.89. The predicted molar refractivity (Wildman–Crippen MR) is 82.8 cm³/mol. The van der Waals surface area contributed by atoms with Gasteiger partial charge in [0.2, 0.25) is 0 Å². The number of methoxy groups -OCH3 is 1. The number of hydrogen-bond acceptors (Lipinski definition) is 4. The molecule has 0 amide bonds. The van der Waals surface area contributed by atoms with E-state index >= 15 is 0 Å². The number of aromatic hydroxyl groups is 1. The zero-order valence-electron chi connectivity index (χ0n) is 11.4. The van der Waals surface area contributed by atoms with Crippen LogP contribution >= 0.6 is 0 Å². The number of rotatable bonds is 1. The van der Waals surface area contributed by atoms with Crippen molar-refractivity contribution in [3.05, 3.63) is 48.5 Å². The van der Waals surface area contributed by atoms with Crippen LogP contribution in [0.4, 0.5) is 0 Å². The normalized spacial score (nSPS) is 11.3. The third kappa shape index (κ3) is 1.76. The number of benzene rings is 3. The minimum atomic E-state index is 0.217. The summed E-state index contributed by atoms with van der Waals surface area (Å²) in [5.74, 6) is 0.954. The highest BCUT2D eigenvalue weighted by Crippen LogP contribution is 2.32. The van der Waals surface area contributed by atoms with E-state index in [2.05, 4.69) is 4.98 Å². The fraction of sp³-hybridized carbons (Fsp3) is 0.0588. The molecule has 3 aromatic carbocycles. The Morgan fingerprint density at radius 3 is 2.48 bits per heavy atom. The van der Waals surface area contributed by atoms with Gasteiger partial charge in [-0.05, 0) is 12.1 Å². The quantitative estimate of drug-likeness (QED) is 0.426. The molecule has 1 aromatic heterocycles. The first kappa shape index (κ1) is 11.9. The Morgan fingerprint density at radius 2 is 1.67 bits per heavy atom. The molecule has 0 bridgehead atoms. The molecule has 4 rings (SSSR count). The molecule has 0 saturated carbocycles. The summed E-state index contributed by atoms with van der Waals surface area (Å²) >= 11 is 0. The Bertz CT molecular complexity index is 996. The molecule has 21 heavy (non-hydrogen) atoms. The molecule has 0 spiro atoms. The van der Waals surface area contributed by atoms with Crippen LogP contribution in [0.1, 0.15) is 0 Å². The van der Waals surface area contributed by atoms with Crippen LogP contribution in [0.3, 0.4) is 0 Å². The molecule has 0 fully saturated rings. The third-order valence-corrected chi connectivity index (χ3v) is 3.63. The average Bonchev–Trinajstić information content (AvgIpc) is 2.53. The lowest BCUT2D eigenvalue weighted by Crippen LogP contribution is -1.90. The van der Waals surface area contributed by atoms with Crippen LogP contribution in [0.2, 0.25) is 0 Å². The highest BCUT2D eigenvalue weighted by atomic mass is 16.5. The lowest BCUT2D eigenvalue weighted by Gasteiger charge is -2.07. The van der Waals surface area contributed by atoms with Gasteiger partial charge >= 0.3 is 0 Å². The predicted octanol–water partition coefficient (Wildman–Crippen LogP) is 3.65. The van der Waals surface area contributed by atoms with E-state index in [0.717, 1.165) is 33.1 Å². The minimum absolute atomic E-state index is 0.217. The third-order valence-electron chi connectivity index (χ3n) is 3.63. The highest BCUT2D eigenvalue weighted by molar-refractivity contribution is 6.08. The van der Waals surface area contributed by atoms with E-state index in [1.165, 1.54) is 0 Å². The van der Waals surface area contributed by atoms with Gasteiger partial charge in [-0.3, -0.25) is 0 Å². The van der Waals surface area contributed by atoms with E-state index in [1.54, 1.807) is 13.2 Å². The van der Waals surface area contributed by atoms with Gasteiger partial charge in [0.25, 0.3) is 0 Å². The molecule has 4 aromatic rings. The number of fused-ring (bicyclic) bond motifs is 4. The number of nitrogens with zero attached hydrogens (tertiary/aromatic N) is 2. The molecule has 0 aliphatic heterocycles. The van der Waals surface area contributed by atoms with E-state index in [1.807, 2.05) is 42.5 Å². The fourth-order valence-corrected chi connectivity index (χ4v) is 2.59. The van der Waals surface area contributed by atoms with Gasteiger partial charge in [-0.1, -0.05) is 24.3 Å². The van der Waals surface area contributed by atoms with E-state index in [-0.39, 0.29) is 5.75 Å². The molecule has 0 saturated heterocycles. The number of aromatic nitrogens is 2. The maximum absolute atomic E-state index is 10.1. The van der Waals surface area contributed by atoms with Crippen LogP contribution in [0, 0.1) is 0 Å². The molecule has 0 aliphatic carbocycles. The molecular weight excluding hydrogens is 264 g/mol. The first-order valence-electron chi connectivity index (χ1n) is 6.62. The Balaban J connectivity index is 2.17. The van der Waals surface area contributed by atoms with Gasteiger partial charge in [0.05, 0.1) is 29.2 Å². The lowest BCUT2D eigenvalue weighted by molar-refractivity contribution is 0.415. The summed E-state index contributed by atoms with van der Waals surface area (Å²) in [4.78, 5) is 9.29. The largest absolute Gasteiger partial charge is 0.507 e. The van der Waals surface area contributed by atoms with Crippen LogP contribution < -0.4 is 4.74 Å². The van der Waals surface area contributed by atoms with Crippen LogP contribution in [-0.2, 0) is 0 Å². The van der Waals surface area contributed by atoms with Crippen molar-refractivity contribution in [1.82, 2.24) is 9.97 Å². The lowest BCUT2D eigenvalue weighted by atomic mass is 10.1. The van der Waals surface area contributed by atoms with Crippen LogP contribution in [0.15, 0.2) is 48.5 Å². The first-order chi connectivity index (χ1) is 10.3. The van der Waals surface area contributed by atoms with E-state index < -0.39 is 0 Å². The van der Waals surface area contributed by atoms with E-state index in [0.29, 0.717) is 5.52 Å². The Morgan fingerprint density at radius 1 is 0.857 bits per heavy atom. The smallest absolute Gasteiger partial charge is 0.125 e. The SMILES string of the molecule is COc1ccc2nc3c(cc(O)c4ccccc43)nc2c1. The number of ether oxygens (including phenoxy) is 1. The van der Waals surface area contributed by atoms with Crippen molar-refractivity contribution in [3.8, 4) is 11.5 Å². The molecule has 4 heteroatoms. The topological polar surface area (TPSA) is 55.2 Å². The first-order valence-corrected chi connectivity index (χ1v) is 6.62. The summed E-state index contributed by atoms with van der Waals surface area (Å²) in [6, 6.07) is 14.9. The maximum atomic E-state index is 10.1. The molecule has 1 heterocycles. The van der Waals surface area contributed by atoms with Gasteiger partial charge in [-0.15, -0.1) is 0 Å². The van der Waals surface area contributed by atoms with Gasteiger partial charge < -0.3 is 9.84 Å². The summed E-state index contributed by atoms with van der Waals surface area (Å²) in [7, 11) is 1.62. The number of hydrogen-bond donors (Lipinski definition) is 1. The molecule has 1 N–H and O–H groups in total. The molecule has 4 nitrogen and oxygen atoms in total. The van der Waals surface area contributed by atoms with E-state index in [9.17, 15) is 5.11 Å². The number of phenols is 1. The number of phenolic OH excluding ortho intramolecular Hbond substituents is 1. The highest BCUT2D eigenvalue weighted by Gasteiger charge is 2.09. The van der Waals surface area contributed by atoms with Crippen molar-refractivity contribution >= 4 is 32.8 Å². The molecule has 0 aliphatic rings. The molecular formula is C17H12N2O2. The van der Waals surface area contributed by atoms with E-state index in [4.69, 9.17) is 9.72 Å². The summed E-state index contributed by atoms with van der Waals surface area (Å²) in [5, 5.41) is 11.8. The van der Waals surface area contributed by atoms with Crippen LogP contribution in [0.25, 0.3) is 32.8 Å². The Hall–Kier alpha value is -2.88. The minimum Gasteiger partial charge on any atom is -0.507 e. The zero-order valence-corrected chi connectivity index (χ0v) is 11.4. The summed E-state index contributed by atoms with van der Waals surface area (Å²) in [6.07, 6.45) is 0. The van der Waals surface area contributed by atoms with Gasteiger partial charge in [0, 0.05) is 22.9 Å². The summed E-state index contributed by atoms with van der Waals surface area (Å²) in [6.45, 7) is 0. The standard InChI is InChI=1S/C17H12N2O2/c1-21-10-6-7-13-14(8-10)18-15-9-16(20)11-4-2-3-5-12(11)17(15)19-13/h2-9,20H,1H3. The van der Waals surface area contributed by atoms with Crippen LogP contribution in [-0.4, -0.2) is 22.2 Å². The van der Waals surface area contributed by atoms with Gasteiger partial charge in [0.1, 0.15) is 11.5 Å². The maximum Gasteiger partial charge on any atom is 0.125 e. The van der Waals surface area contributed by atoms with Crippen molar-refractivity contribution in [1.29, 1.82) is 0 Å². The van der Waals surface area contributed by atoms with Gasteiger partial charge in [-0.2, -0.15) is 0 Å². The van der Waals surface area contributed by atoms with Crippen molar-refractivity contribution < 1.29 is 9.84 Å². The fourth-order valence-electron chi connectivity index (χ4n) is 2.59. The van der Waals surface area contributed by atoms with Crippen molar-refractivity contribution in [2.75, 3.05) is 7.11 Å². The summed E-state index contributed by atoms with van der Waals surface area (Å²) < 4.78 is 5.21. The monoisotopic (exact) mass is 276 g/mol. The van der Waals surface area contributed by atoms with Crippen molar-refractivity contribution in [2.24, 2.45) is 0 Å². The van der Waals surface area contributed by atoms with Crippen molar-refractivity contribution in [3.63, 3.8) is 0 Å². The van der Waals surface area contributed by atoms with Gasteiger partial charge in [0.15, 0.2) is 0 Å². The molecule has 102 valence electrons. The van der Waals surface area contributed by atoms with Gasteiger partial charge in [-0.25, -0.2) is 9.97 Å². The van der Waals surface area contributed by atoms with Crippen molar-refractivity contribution in [2.45, 2.75) is 0 Å².